The lowest BCUT2D eigenvalue weighted by atomic mass is 9.64. The molecule has 0 unspecified atom stereocenters. The largest absolute Gasteiger partial charge is 0.465 e. The minimum absolute atomic E-state index is 0.0323. The molecule has 32 heavy (non-hydrogen) atoms. The van der Waals surface area contributed by atoms with Gasteiger partial charge in [-0.05, 0) is 84.2 Å². The van der Waals surface area contributed by atoms with Crippen molar-refractivity contribution in [2.24, 2.45) is 11.3 Å². The van der Waals surface area contributed by atoms with Crippen LogP contribution in [-0.4, -0.2) is 78.3 Å². The van der Waals surface area contributed by atoms with Crippen LogP contribution in [-0.2, 0) is 19.0 Å². The second-order valence-corrected chi connectivity index (χ2v) is 10.8. The summed E-state index contributed by atoms with van der Waals surface area (Å²) in [7, 11) is 0. The van der Waals surface area contributed by atoms with Gasteiger partial charge in [-0.25, -0.2) is 9.59 Å². The number of hydrogen-bond acceptors (Lipinski definition) is 7. The Balaban J connectivity index is 1.30. The van der Waals surface area contributed by atoms with E-state index in [-0.39, 0.29) is 30.0 Å². The number of carbonyl (C=O) groups excluding carboxylic acids is 3. The van der Waals surface area contributed by atoms with Crippen LogP contribution in [0.5, 0.6) is 0 Å². The monoisotopic (exact) mass is 472 g/mol. The van der Waals surface area contributed by atoms with E-state index < -0.39 is 11.0 Å². The maximum atomic E-state index is 12.4. The van der Waals surface area contributed by atoms with E-state index in [4.69, 9.17) is 21.1 Å². The highest BCUT2D eigenvalue weighted by Gasteiger charge is 2.51. The Hall–Kier alpha value is -1.54. The number of unbranched alkanes of at least 4 members (excludes halogenated alkanes) is 1. The molecule has 0 N–H and O–H groups in total. The average molecular weight is 473 g/mol. The number of hydrogen-bond donors (Lipinski definition) is 0. The van der Waals surface area contributed by atoms with Crippen LogP contribution in [0.25, 0.3) is 0 Å². The van der Waals surface area contributed by atoms with Gasteiger partial charge in [0, 0.05) is 30.7 Å². The molecule has 182 valence electrons. The third-order valence-corrected chi connectivity index (χ3v) is 6.91. The molecule has 0 bridgehead atoms. The van der Waals surface area contributed by atoms with Crippen LogP contribution < -0.4 is 0 Å². The SMILES string of the molecule is CC(C)(C)OC(=O)N1CCC2(CC(N3CCC(C(=O)OCCCCOC(=O)Cl)CC3)C2)C1. The lowest BCUT2D eigenvalue weighted by molar-refractivity contribution is -0.151. The van der Waals surface area contributed by atoms with Gasteiger partial charge in [0.2, 0.25) is 0 Å². The molecule has 1 spiro atoms. The van der Waals surface area contributed by atoms with Gasteiger partial charge in [0.1, 0.15) is 5.60 Å². The van der Waals surface area contributed by atoms with Gasteiger partial charge in [-0.2, -0.15) is 0 Å². The standard InChI is InChI=1S/C23H37ClN2O6/c1-22(2,3)32-21(29)26-11-8-23(16-26)14-18(15-23)25-9-6-17(7-10-25)19(27)30-12-4-5-13-31-20(24)28/h17-18H,4-16H2,1-3H3. The fourth-order valence-electron chi connectivity index (χ4n) is 5.10. The van der Waals surface area contributed by atoms with Crippen molar-refractivity contribution in [3.63, 3.8) is 0 Å². The first kappa shape index (κ1) is 25.1. The van der Waals surface area contributed by atoms with Crippen molar-refractivity contribution < 1.29 is 28.6 Å². The van der Waals surface area contributed by atoms with Crippen molar-refractivity contribution >= 4 is 29.1 Å². The Morgan fingerprint density at radius 2 is 1.62 bits per heavy atom. The molecule has 9 heteroatoms. The Kier molecular flexibility index (Phi) is 8.31. The first-order valence-electron chi connectivity index (χ1n) is 11.8. The minimum Gasteiger partial charge on any atom is -0.465 e. The van der Waals surface area contributed by atoms with Crippen LogP contribution in [0.3, 0.4) is 0 Å². The molecule has 0 aromatic heterocycles. The normalized spacial score (nSPS) is 26.6. The van der Waals surface area contributed by atoms with Crippen molar-refractivity contribution in [2.75, 3.05) is 39.4 Å². The van der Waals surface area contributed by atoms with Crippen LogP contribution in [0, 0.1) is 11.3 Å². The molecule has 2 saturated heterocycles. The first-order valence-corrected chi connectivity index (χ1v) is 12.2. The maximum absolute atomic E-state index is 12.4. The lowest BCUT2D eigenvalue weighted by Crippen LogP contribution is -2.54. The molecule has 2 aliphatic heterocycles. The van der Waals surface area contributed by atoms with Gasteiger partial charge >= 0.3 is 17.5 Å². The summed E-state index contributed by atoms with van der Waals surface area (Å²) < 4.78 is 15.6. The molecule has 3 rings (SSSR count). The molecule has 0 radical (unpaired) electrons. The molecule has 0 aromatic rings. The van der Waals surface area contributed by atoms with Crippen LogP contribution in [0.1, 0.15) is 65.7 Å². The number of piperidine rings is 1. The molecule has 1 aliphatic carbocycles. The van der Waals surface area contributed by atoms with Gasteiger partial charge < -0.3 is 24.0 Å². The summed E-state index contributed by atoms with van der Waals surface area (Å²) in [5.74, 6) is -0.150. The summed E-state index contributed by atoms with van der Waals surface area (Å²) in [6, 6.07) is 0.551. The smallest absolute Gasteiger partial charge is 0.410 e. The third kappa shape index (κ3) is 6.98. The summed E-state index contributed by atoms with van der Waals surface area (Å²) in [4.78, 5) is 39.5. The quantitative estimate of drug-likeness (QED) is 0.238. The Morgan fingerprint density at radius 3 is 2.22 bits per heavy atom. The zero-order valence-corrected chi connectivity index (χ0v) is 20.3. The first-order chi connectivity index (χ1) is 15.1. The van der Waals surface area contributed by atoms with Gasteiger partial charge in [-0.15, -0.1) is 0 Å². The zero-order valence-electron chi connectivity index (χ0n) is 19.6. The summed E-state index contributed by atoms with van der Waals surface area (Å²) in [6.07, 6.45) is 6.03. The Bertz CT molecular complexity index is 680. The van der Waals surface area contributed by atoms with Crippen LogP contribution in [0.4, 0.5) is 9.59 Å². The summed E-state index contributed by atoms with van der Waals surface area (Å²) in [5, 5.41) is 0. The number of ether oxygens (including phenoxy) is 3. The molecule has 2 heterocycles. The molecule has 0 atom stereocenters. The van der Waals surface area contributed by atoms with Crippen LogP contribution in [0.2, 0.25) is 0 Å². The predicted molar refractivity (Wildman–Crippen MR) is 120 cm³/mol. The summed E-state index contributed by atoms with van der Waals surface area (Å²) in [5.41, 5.74) is -1.02. The molecular weight excluding hydrogens is 436 g/mol. The number of halogens is 1. The Labute approximate surface area is 195 Å². The number of amides is 1. The molecule has 1 saturated carbocycles. The van der Waals surface area contributed by atoms with Crippen molar-refractivity contribution in [3.05, 3.63) is 0 Å². The highest BCUT2D eigenvalue weighted by Crippen LogP contribution is 2.50. The van der Waals surface area contributed by atoms with E-state index in [1.807, 2.05) is 25.7 Å². The van der Waals surface area contributed by atoms with E-state index in [0.29, 0.717) is 25.5 Å². The maximum Gasteiger partial charge on any atom is 0.410 e. The zero-order chi connectivity index (χ0) is 23.4. The van der Waals surface area contributed by atoms with E-state index in [9.17, 15) is 14.4 Å². The predicted octanol–water partition coefficient (Wildman–Crippen LogP) is 4.19. The molecule has 8 nitrogen and oxygen atoms in total. The third-order valence-electron chi connectivity index (χ3n) is 6.81. The summed E-state index contributed by atoms with van der Waals surface area (Å²) >= 11 is 5.09. The van der Waals surface area contributed by atoms with Crippen molar-refractivity contribution in [2.45, 2.75) is 77.4 Å². The lowest BCUT2D eigenvalue weighted by Gasteiger charge is -2.51. The van der Waals surface area contributed by atoms with Gasteiger partial charge in [0.15, 0.2) is 0 Å². The fourth-order valence-corrected chi connectivity index (χ4v) is 5.17. The molecule has 3 aliphatic rings. The van der Waals surface area contributed by atoms with Crippen molar-refractivity contribution in [3.8, 4) is 0 Å². The van der Waals surface area contributed by atoms with Gasteiger partial charge in [-0.1, -0.05) is 0 Å². The Morgan fingerprint density at radius 1 is 1.00 bits per heavy atom. The second-order valence-electron chi connectivity index (χ2n) is 10.5. The van der Waals surface area contributed by atoms with E-state index in [1.54, 1.807) is 0 Å². The highest BCUT2D eigenvalue weighted by atomic mass is 35.5. The van der Waals surface area contributed by atoms with Gasteiger partial charge in [0.05, 0.1) is 19.1 Å². The van der Waals surface area contributed by atoms with Gasteiger partial charge in [-0.3, -0.25) is 4.79 Å². The van der Waals surface area contributed by atoms with Crippen molar-refractivity contribution in [1.29, 1.82) is 0 Å². The number of nitrogens with zero attached hydrogens (tertiary/aromatic N) is 2. The molecule has 1 amide bonds. The summed E-state index contributed by atoms with van der Waals surface area (Å²) in [6.45, 7) is 9.71. The molecule has 0 aromatic carbocycles. The van der Waals surface area contributed by atoms with E-state index in [1.165, 1.54) is 0 Å². The van der Waals surface area contributed by atoms with E-state index in [2.05, 4.69) is 9.64 Å². The molecular formula is C23H37ClN2O6. The number of carbonyl (C=O) groups is 3. The topological polar surface area (TPSA) is 85.4 Å². The minimum atomic E-state index is -0.806. The second kappa shape index (κ2) is 10.6. The average Bonchev–Trinajstić information content (AvgIpc) is 3.14. The number of likely N-dealkylation sites (tertiary alicyclic amines) is 2. The fraction of sp³-hybridized carbons (Fsp3) is 0.870. The van der Waals surface area contributed by atoms with E-state index in [0.717, 1.165) is 58.3 Å². The van der Waals surface area contributed by atoms with E-state index >= 15 is 0 Å². The van der Waals surface area contributed by atoms with Crippen molar-refractivity contribution in [1.82, 2.24) is 9.80 Å². The van der Waals surface area contributed by atoms with Crippen LogP contribution >= 0.6 is 11.6 Å². The number of rotatable bonds is 7. The number of esters is 1. The highest BCUT2D eigenvalue weighted by molar-refractivity contribution is 6.61. The van der Waals surface area contributed by atoms with Gasteiger partial charge in [0.25, 0.3) is 0 Å². The van der Waals surface area contributed by atoms with Crippen LogP contribution in [0.15, 0.2) is 0 Å². The molecule has 3 fully saturated rings.